The van der Waals surface area contributed by atoms with Gasteiger partial charge in [0.1, 0.15) is 5.82 Å². The van der Waals surface area contributed by atoms with Gasteiger partial charge in [-0.1, -0.05) is 54.1 Å². The summed E-state index contributed by atoms with van der Waals surface area (Å²) in [6.07, 6.45) is 3.22. The molecule has 3 aromatic carbocycles. The van der Waals surface area contributed by atoms with Crippen LogP contribution in [0.25, 0.3) is 10.8 Å². The molecule has 0 aliphatic carbocycles. The fraction of sp³-hybridized carbons (Fsp3) is 0.333. The lowest BCUT2D eigenvalue weighted by Gasteiger charge is -2.22. The number of aliphatic hydroxyl groups excluding tert-OH is 1. The van der Waals surface area contributed by atoms with Crippen LogP contribution in [0.15, 0.2) is 77.6 Å². The normalized spacial score (nSPS) is 17.5. The monoisotopic (exact) mass is 519 g/mol. The Bertz CT molecular complexity index is 1410. The van der Waals surface area contributed by atoms with Gasteiger partial charge in [-0.2, -0.15) is 5.10 Å². The summed E-state index contributed by atoms with van der Waals surface area (Å²) < 4.78 is 14.9. The molecule has 1 aliphatic heterocycles. The second-order valence-electron chi connectivity index (χ2n) is 9.83. The van der Waals surface area contributed by atoms with Crippen LogP contribution in [0.2, 0.25) is 5.02 Å². The van der Waals surface area contributed by atoms with E-state index in [4.69, 9.17) is 16.7 Å². The minimum atomic E-state index is -0.625. The maximum atomic E-state index is 13.5. The maximum Gasteiger partial charge on any atom is 0.274 e. The molecule has 0 saturated carbocycles. The van der Waals surface area contributed by atoms with E-state index in [1.54, 1.807) is 16.8 Å². The highest BCUT2D eigenvalue weighted by Gasteiger charge is 2.23. The Hall–Kier alpha value is -3.06. The van der Waals surface area contributed by atoms with Crippen molar-refractivity contribution in [1.82, 2.24) is 14.7 Å². The molecule has 2 unspecified atom stereocenters. The van der Waals surface area contributed by atoms with Crippen LogP contribution >= 0.6 is 11.6 Å². The van der Waals surface area contributed by atoms with E-state index in [0.717, 1.165) is 61.1 Å². The third kappa shape index (κ3) is 6.09. The van der Waals surface area contributed by atoms with E-state index in [1.807, 2.05) is 48.5 Å². The Balaban J connectivity index is 1.31. The van der Waals surface area contributed by atoms with Crippen molar-refractivity contribution in [1.29, 1.82) is 0 Å². The van der Waals surface area contributed by atoms with Gasteiger partial charge in [-0.3, -0.25) is 4.79 Å². The van der Waals surface area contributed by atoms with Crippen molar-refractivity contribution < 1.29 is 9.50 Å². The van der Waals surface area contributed by atoms with Gasteiger partial charge in [0.15, 0.2) is 0 Å². The molecule has 0 spiro atoms. The molecule has 0 bridgehead atoms. The highest BCUT2D eigenvalue weighted by atomic mass is 35.5. The molecule has 2 atom stereocenters. The van der Waals surface area contributed by atoms with Gasteiger partial charge in [0.05, 0.1) is 23.2 Å². The average Bonchev–Trinajstić information content (AvgIpc) is 3.16. The Kier molecular flexibility index (Phi) is 7.99. The van der Waals surface area contributed by atoms with E-state index >= 15 is 0 Å². The van der Waals surface area contributed by atoms with Crippen molar-refractivity contribution in [2.24, 2.45) is 0 Å². The van der Waals surface area contributed by atoms with E-state index < -0.39 is 6.10 Å². The number of rotatable bonds is 7. The molecule has 5 rings (SSSR count). The third-order valence-corrected chi connectivity index (χ3v) is 7.55. The van der Waals surface area contributed by atoms with Crippen LogP contribution in [0.4, 0.5) is 4.39 Å². The number of likely N-dealkylation sites (tertiary alicyclic amines) is 1. The van der Waals surface area contributed by atoms with Gasteiger partial charge in [0, 0.05) is 29.9 Å². The molecule has 1 aliphatic rings. The van der Waals surface area contributed by atoms with Crippen molar-refractivity contribution in [3.05, 3.63) is 111 Å². The van der Waals surface area contributed by atoms with Gasteiger partial charge in [-0.15, -0.1) is 0 Å². The number of benzene rings is 3. The molecule has 192 valence electrons. The number of hydrogen-bond acceptors (Lipinski definition) is 4. The molecular formula is C30H31ClFN3O2. The van der Waals surface area contributed by atoms with E-state index in [1.165, 1.54) is 12.1 Å². The fourth-order valence-corrected chi connectivity index (χ4v) is 5.34. The summed E-state index contributed by atoms with van der Waals surface area (Å²) in [7, 11) is 0. The van der Waals surface area contributed by atoms with E-state index in [0.29, 0.717) is 23.3 Å². The summed E-state index contributed by atoms with van der Waals surface area (Å²) in [6.45, 7) is 2.48. The van der Waals surface area contributed by atoms with Crippen LogP contribution in [-0.2, 0) is 6.42 Å². The van der Waals surface area contributed by atoms with Crippen molar-refractivity contribution in [3.63, 3.8) is 0 Å². The van der Waals surface area contributed by atoms with Gasteiger partial charge in [-0.25, -0.2) is 9.07 Å². The number of aliphatic hydroxyl groups is 1. The minimum Gasteiger partial charge on any atom is -0.388 e. The van der Waals surface area contributed by atoms with Gasteiger partial charge < -0.3 is 10.0 Å². The molecule has 37 heavy (non-hydrogen) atoms. The molecule has 1 saturated heterocycles. The van der Waals surface area contributed by atoms with Crippen molar-refractivity contribution >= 4 is 22.4 Å². The topological polar surface area (TPSA) is 58.4 Å². The second-order valence-corrected chi connectivity index (χ2v) is 10.3. The Morgan fingerprint density at radius 2 is 1.70 bits per heavy atom. The van der Waals surface area contributed by atoms with Gasteiger partial charge in [0.2, 0.25) is 0 Å². The number of hydrogen-bond donors (Lipinski definition) is 1. The maximum absolute atomic E-state index is 13.5. The third-order valence-electron chi connectivity index (χ3n) is 7.30. The number of fused-ring (bicyclic) bond motifs is 1. The Morgan fingerprint density at radius 3 is 2.46 bits per heavy atom. The van der Waals surface area contributed by atoms with Crippen molar-refractivity contribution in [3.8, 4) is 0 Å². The zero-order chi connectivity index (χ0) is 25.8. The standard InChI is InChI=1S/C30H31ClFN3O2/c31-23-11-7-21(8-12-23)20-28-26-5-1-2-6-27(26)30(37)35(33-28)25-4-3-17-34(18-15-25)19-16-29(36)22-9-13-24(32)14-10-22/h1-2,5-14,25,29,36H,3-4,15-20H2. The van der Waals surface area contributed by atoms with E-state index in [2.05, 4.69) is 4.90 Å². The predicted molar refractivity (Wildman–Crippen MR) is 146 cm³/mol. The Labute approximate surface area is 221 Å². The highest BCUT2D eigenvalue weighted by molar-refractivity contribution is 6.30. The highest BCUT2D eigenvalue weighted by Crippen LogP contribution is 2.25. The summed E-state index contributed by atoms with van der Waals surface area (Å²) in [6, 6.07) is 21.5. The van der Waals surface area contributed by atoms with Gasteiger partial charge in [0.25, 0.3) is 5.56 Å². The first-order chi connectivity index (χ1) is 18.0. The first-order valence-electron chi connectivity index (χ1n) is 12.9. The summed E-state index contributed by atoms with van der Waals surface area (Å²) in [5.41, 5.74) is 2.68. The number of aromatic nitrogens is 2. The molecule has 0 amide bonds. The SMILES string of the molecule is O=c1c2ccccc2c(Cc2ccc(Cl)cc2)nn1C1CCCN(CCC(O)c2ccc(F)cc2)CC1. The predicted octanol–water partition coefficient (Wildman–Crippen LogP) is 5.93. The second kappa shape index (κ2) is 11.5. The number of halogens is 2. The van der Waals surface area contributed by atoms with Crippen LogP contribution < -0.4 is 5.56 Å². The quantitative estimate of drug-likeness (QED) is 0.329. The fourth-order valence-electron chi connectivity index (χ4n) is 5.21. The Morgan fingerprint density at radius 1 is 0.973 bits per heavy atom. The average molecular weight is 520 g/mol. The molecule has 1 fully saturated rings. The molecule has 0 radical (unpaired) electrons. The van der Waals surface area contributed by atoms with E-state index in [-0.39, 0.29) is 17.4 Å². The summed E-state index contributed by atoms with van der Waals surface area (Å²) in [5, 5.41) is 17.7. The van der Waals surface area contributed by atoms with Crippen molar-refractivity contribution in [2.45, 2.75) is 44.2 Å². The lowest BCUT2D eigenvalue weighted by molar-refractivity contribution is 0.142. The van der Waals surface area contributed by atoms with Gasteiger partial charge >= 0.3 is 0 Å². The minimum absolute atomic E-state index is 0.0214. The van der Waals surface area contributed by atoms with Crippen LogP contribution in [0.5, 0.6) is 0 Å². The van der Waals surface area contributed by atoms with Crippen LogP contribution in [0, 0.1) is 5.82 Å². The van der Waals surface area contributed by atoms with Crippen molar-refractivity contribution in [2.75, 3.05) is 19.6 Å². The molecular weight excluding hydrogens is 489 g/mol. The first kappa shape index (κ1) is 25.6. The summed E-state index contributed by atoms with van der Waals surface area (Å²) in [5.74, 6) is -0.302. The zero-order valence-corrected chi connectivity index (χ0v) is 21.4. The molecule has 1 N–H and O–H groups in total. The zero-order valence-electron chi connectivity index (χ0n) is 20.7. The molecule has 7 heteroatoms. The largest absolute Gasteiger partial charge is 0.388 e. The van der Waals surface area contributed by atoms with Gasteiger partial charge in [-0.05, 0) is 73.7 Å². The van der Waals surface area contributed by atoms with Crippen LogP contribution in [0.1, 0.15) is 54.6 Å². The summed E-state index contributed by atoms with van der Waals surface area (Å²) >= 11 is 6.07. The van der Waals surface area contributed by atoms with Crippen LogP contribution in [0.3, 0.4) is 0 Å². The first-order valence-corrected chi connectivity index (χ1v) is 13.3. The molecule has 1 aromatic heterocycles. The van der Waals surface area contributed by atoms with Crippen LogP contribution in [-0.4, -0.2) is 39.4 Å². The lowest BCUT2D eigenvalue weighted by Crippen LogP contribution is -2.30. The smallest absolute Gasteiger partial charge is 0.274 e. The number of nitrogens with zero attached hydrogens (tertiary/aromatic N) is 3. The molecule has 2 heterocycles. The summed E-state index contributed by atoms with van der Waals surface area (Å²) in [4.78, 5) is 15.8. The molecule has 4 aromatic rings. The lowest BCUT2D eigenvalue weighted by atomic mass is 10.0. The molecule has 5 nitrogen and oxygen atoms in total. The van der Waals surface area contributed by atoms with E-state index in [9.17, 15) is 14.3 Å².